The standard InChI is InChI=1S/C15H19F3N2O3/c16-15(17,18)13-3-2-11(10-19-13)14(22)20-6-4-12(5-7-20)23-9-1-8-21/h2-3,10,12,21H,1,4-9H2. The minimum atomic E-state index is -4.51. The third-order valence-corrected chi connectivity index (χ3v) is 3.69. The average Bonchev–Trinajstić information content (AvgIpc) is 2.54. The Morgan fingerprint density at radius 1 is 1.35 bits per heavy atom. The molecule has 0 aromatic carbocycles. The molecule has 1 aromatic rings. The molecular formula is C15H19F3N2O3. The van der Waals surface area contributed by atoms with Crippen molar-refractivity contribution in [1.29, 1.82) is 0 Å². The molecule has 23 heavy (non-hydrogen) atoms. The number of aliphatic hydroxyl groups excluding tert-OH is 1. The first-order chi connectivity index (χ1) is 10.9. The highest BCUT2D eigenvalue weighted by Gasteiger charge is 2.32. The summed E-state index contributed by atoms with van der Waals surface area (Å²) in [5.74, 6) is -0.319. The van der Waals surface area contributed by atoms with E-state index in [-0.39, 0.29) is 24.2 Å². The van der Waals surface area contributed by atoms with Crippen molar-refractivity contribution in [2.45, 2.75) is 31.5 Å². The SMILES string of the molecule is O=C(c1ccc(C(F)(F)F)nc1)N1CCC(OCCCO)CC1. The van der Waals surface area contributed by atoms with Crippen LogP contribution in [-0.2, 0) is 10.9 Å². The number of aromatic nitrogens is 1. The van der Waals surface area contributed by atoms with Crippen molar-refractivity contribution < 1.29 is 27.8 Å². The topological polar surface area (TPSA) is 62.7 Å². The predicted octanol–water partition coefficient (Wildman–Crippen LogP) is 2.10. The molecule has 5 nitrogen and oxygen atoms in total. The van der Waals surface area contributed by atoms with E-state index in [1.165, 1.54) is 0 Å². The Morgan fingerprint density at radius 2 is 2.04 bits per heavy atom. The van der Waals surface area contributed by atoms with E-state index in [2.05, 4.69) is 4.98 Å². The van der Waals surface area contributed by atoms with Crippen molar-refractivity contribution in [2.75, 3.05) is 26.3 Å². The van der Waals surface area contributed by atoms with Crippen LogP contribution in [0, 0.1) is 0 Å². The molecule has 2 heterocycles. The first-order valence-electron chi connectivity index (χ1n) is 7.47. The van der Waals surface area contributed by atoms with Gasteiger partial charge >= 0.3 is 6.18 Å². The molecule has 1 aliphatic rings. The van der Waals surface area contributed by atoms with Gasteiger partial charge in [0.25, 0.3) is 5.91 Å². The molecule has 0 bridgehead atoms. The summed E-state index contributed by atoms with van der Waals surface area (Å²) in [6, 6.07) is 1.97. The van der Waals surface area contributed by atoms with Gasteiger partial charge in [0.2, 0.25) is 0 Å². The third-order valence-electron chi connectivity index (χ3n) is 3.69. The lowest BCUT2D eigenvalue weighted by Gasteiger charge is -2.32. The average molecular weight is 332 g/mol. The van der Waals surface area contributed by atoms with Gasteiger partial charge in [-0.05, 0) is 31.4 Å². The van der Waals surface area contributed by atoms with E-state index in [0.29, 0.717) is 39.0 Å². The molecule has 1 aromatic heterocycles. The minimum absolute atomic E-state index is 0.0522. The number of alkyl halides is 3. The first-order valence-corrected chi connectivity index (χ1v) is 7.47. The molecular weight excluding hydrogens is 313 g/mol. The van der Waals surface area contributed by atoms with Crippen molar-refractivity contribution in [3.8, 4) is 0 Å². The summed E-state index contributed by atoms with van der Waals surface area (Å²) in [5.41, 5.74) is -0.859. The van der Waals surface area contributed by atoms with E-state index in [9.17, 15) is 18.0 Å². The van der Waals surface area contributed by atoms with Gasteiger partial charge < -0.3 is 14.7 Å². The molecule has 0 saturated carbocycles. The second-order valence-corrected chi connectivity index (χ2v) is 5.37. The summed E-state index contributed by atoms with van der Waals surface area (Å²) < 4.78 is 43.0. The largest absolute Gasteiger partial charge is 0.433 e. The van der Waals surface area contributed by atoms with Gasteiger partial charge in [-0.25, -0.2) is 0 Å². The zero-order chi connectivity index (χ0) is 16.9. The van der Waals surface area contributed by atoms with Crippen LogP contribution in [0.2, 0.25) is 0 Å². The van der Waals surface area contributed by atoms with Gasteiger partial charge in [0.05, 0.1) is 11.7 Å². The van der Waals surface area contributed by atoms with E-state index in [4.69, 9.17) is 9.84 Å². The van der Waals surface area contributed by atoms with Crippen molar-refractivity contribution >= 4 is 5.91 Å². The molecule has 1 saturated heterocycles. The Bertz CT molecular complexity index is 512. The predicted molar refractivity (Wildman–Crippen MR) is 75.8 cm³/mol. The van der Waals surface area contributed by atoms with Gasteiger partial charge in [0, 0.05) is 32.5 Å². The first kappa shape index (κ1) is 17.7. The lowest BCUT2D eigenvalue weighted by Crippen LogP contribution is -2.41. The number of hydrogen-bond acceptors (Lipinski definition) is 4. The molecule has 0 aliphatic carbocycles. The van der Waals surface area contributed by atoms with Crippen molar-refractivity contribution in [3.63, 3.8) is 0 Å². The lowest BCUT2D eigenvalue weighted by molar-refractivity contribution is -0.141. The zero-order valence-corrected chi connectivity index (χ0v) is 12.6. The smallest absolute Gasteiger partial charge is 0.396 e. The fraction of sp³-hybridized carbons (Fsp3) is 0.600. The number of piperidine rings is 1. The number of ether oxygens (including phenoxy) is 1. The van der Waals surface area contributed by atoms with E-state index < -0.39 is 11.9 Å². The summed E-state index contributed by atoms with van der Waals surface area (Å²) in [6.45, 7) is 1.55. The van der Waals surface area contributed by atoms with E-state index in [0.717, 1.165) is 18.3 Å². The monoisotopic (exact) mass is 332 g/mol. The lowest BCUT2D eigenvalue weighted by atomic mass is 10.1. The van der Waals surface area contributed by atoms with Crippen LogP contribution in [0.15, 0.2) is 18.3 Å². The van der Waals surface area contributed by atoms with Gasteiger partial charge in [0.1, 0.15) is 5.69 Å². The molecule has 1 aliphatic heterocycles. The van der Waals surface area contributed by atoms with Crippen molar-refractivity contribution in [2.24, 2.45) is 0 Å². The van der Waals surface area contributed by atoms with Crippen LogP contribution in [0.4, 0.5) is 13.2 Å². The van der Waals surface area contributed by atoms with Crippen LogP contribution in [0.5, 0.6) is 0 Å². The minimum Gasteiger partial charge on any atom is -0.396 e. The molecule has 0 spiro atoms. The third kappa shape index (κ3) is 4.90. The number of nitrogens with zero attached hydrogens (tertiary/aromatic N) is 2. The van der Waals surface area contributed by atoms with E-state index in [1.54, 1.807) is 4.90 Å². The number of aliphatic hydroxyl groups is 1. The molecule has 8 heteroatoms. The molecule has 1 N–H and O–H groups in total. The van der Waals surface area contributed by atoms with E-state index >= 15 is 0 Å². The van der Waals surface area contributed by atoms with Crippen LogP contribution < -0.4 is 0 Å². The summed E-state index contributed by atoms with van der Waals surface area (Å²) in [4.78, 5) is 17.2. The highest BCUT2D eigenvalue weighted by atomic mass is 19.4. The number of likely N-dealkylation sites (tertiary alicyclic amines) is 1. The summed E-state index contributed by atoms with van der Waals surface area (Å²) in [5, 5.41) is 8.70. The number of amides is 1. The second-order valence-electron chi connectivity index (χ2n) is 5.37. The van der Waals surface area contributed by atoms with Crippen LogP contribution in [-0.4, -0.2) is 53.3 Å². The normalized spacial score (nSPS) is 16.6. The van der Waals surface area contributed by atoms with Gasteiger partial charge in [-0.1, -0.05) is 0 Å². The van der Waals surface area contributed by atoms with Crippen LogP contribution >= 0.6 is 0 Å². The molecule has 128 valence electrons. The number of rotatable bonds is 5. The maximum Gasteiger partial charge on any atom is 0.433 e. The molecule has 2 rings (SSSR count). The number of halogens is 3. The molecule has 0 radical (unpaired) electrons. The van der Waals surface area contributed by atoms with Crippen molar-refractivity contribution in [3.05, 3.63) is 29.6 Å². The van der Waals surface area contributed by atoms with Crippen LogP contribution in [0.25, 0.3) is 0 Å². The number of carbonyl (C=O) groups excluding carboxylic acids is 1. The number of pyridine rings is 1. The van der Waals surface area contributed by atoms with E-state index in [1.807, 2.05) is 0 Å². The van der Waals surface area contributed by atoms with Gasteiger partial charge in [-0.3, -0.25) is 9.78 Å². The number of hydrogen-bond donors (Lipinski definition) is 1. The fourth-order valence-corrected chi connectivity index (χ4v) is 2.41. The van der Waals surface area contributed by atoms with Gasteiger partial charge in [-0.15, -0.1) is 0 Å². The maximum atomic E-state index is 12.5. The van der Waals surface area contributed by atoms with Gasteiger partial charge in [-0.2, -0.15) is 13.2 Å². The van der Waals surface area contributed by atoms with Crippen molar-refractivity contribution in [1.82, 2.24) is 9.88 Å². The Morgan fingerprint density at radius 3 is 2.57 bits per heavy atom. The summed E-state index contributed by atoms with van der Waals surface area (Å²) >= 11 is 0. The summed E-state index contributed by atoms with van der Waals surface area (Å²) in [6.07, 6.45) is -1.57. The molecule has 0 unspecified atom stereocenters. The zero-order valence-electron chi connectivity index (χ0n) is 12.6. The van der Waals surface area contributed by atoms with Crippen LogP contribution in [0.1, 0.15) is 35.3 Å². The van der Waals surface area contributed by atoms with Gasteiger partial charge in [0.15, 0.2) is 0 Å². The Hall–Kier alpha value is -1.67. The quantitative estimate of drug-likeness (QED) is 0.839. The second kappa shape index (κ2) is 7.74. The molecule has 1 fully saturated rings. The Balaban J connectivity index is 1.87. The highest BCUT2D eigenvalue weighted by molar-refractivity contribution is 5.94. The maximum absolute atomic E-state index is 12.5. The highest BCUT2D eigenvalue weighted by Crippen LogP contribution is 2.27. The van der Waals surface area contributed by atoms with Crippen LogP contribution in [0.3, 0.4) is 0 Å². The Labute approximate surface area is 132 Å². The molecule has 0 atom stereocenters. The number of carbonyl (C=O) groups is 1. The Kier molecular flexibility index (Phi) is 5.95. The summed E-state index contributed by atoms with van der Waals surface area (Å²) in [7, 11) is 0. The molecule has 1 amide bonds. The fourth-order valence-electron chi connectivity index (χ4n) is 2.41.